The number of hydrogen-bond donors (Lipinski definition) is 2. The molecule has 134 valence electrons. The molecule has 25 heavy (non-hydrogen) atoms. The number of benzene rings is 2. The molecule has 1 aliphatic heterocycles. The Kier molecular flexibility index (Phi) is 7.00. The average Bonchev–Trinajstić information content (AvgIpc) is 3.09. The van der Waals surface area contributed by atoms with Gasteiger partial charge in [0, 0.05) is 13.1 Å². The van der Waals surface area contributed by atoms with Crippen LogP contribution < -0.4 is 11.1 Å². The third-order valence-electron chi connectivity index (χ3n) is 4.41. The Balaban J connectivity index is 0.00000225. The smallest absolute Gasteiger partial charge is 0.249 e. The third-order valence-corrected chi connectivity index (χ3v) is 4.41. The summed E-state index contributed by atoms with van der Waals surface area (Å²) in [5.74, 6) is -0.0492. The first-order valence-corrected chi connectivity index (χ1v) is 8.45. The maximum Gasteiger partial charge on any atom is 0.249 e. The lowest BCUT2D eigenvalue weighted by atomic mass is 10.0. The van der Waals surface area contributed by atoms with Crippen LogP contribution in [-0.2, 0) is 16.1 Å². The third kappa shape index (κ3) is 5.05. The highest BCUT2D eigenvalue weighted by Crippen LogP contribution is 2.22. The standard InChI is InChI=1S/C20H24N2O2.ClH/c1-14-4-2-6-16(10-14)17-7-3-5-15(11-17)13-22-20(23)19-9-8-18(12-21)24-19;/h2-7,10-11,18-19H,8-9,12-13,21H2,1H3,(H,22,23);1H/t18-,19+;/m1./s1. The minimum absolute atomic E-state index is 0. The molecule has 0 radical (unpaired) electrons. The fourth-order valence-corrected chi connectivity index (χ4v) is 3.06. The van der Waals surface area contributed by atoms with Crippen molar-refractivity contribution in [1.82, 2.24) is 5.32 Å². The molecule has 2 atom stereocenters. The second-order valence-electron chi connectivity index (χ2n) is 6.35. The summed E-state index contributed by atoms with van der Waals surface area (Å²) in [5, 5.41) is 2.97. The summed E-state index contributed by atoms with van der Waals surface area (Å²) in [6.45, 7) is 3.07. The molecule has 1 amide bonds. The summed E-state index contributed by atoms with van der Waals surface area (Å²) >= 11 is 0. The molecule has 3 N–H and O–H groups in total. The minimum atomic E-state index is -0.362. The number of halogens is 1. The van der Waals surface area contributed by atoms with Gasteiger partial charge in [-0.05, 0) is 42.5 Å². The van der Waals surface area contributed by atoms with E-state index in [4.69, 9.17) is 10.5 Å². The van der Waals surface area contributed by atoms with Crippen molar-refractivity contribution in [1.29, 1.82) is 0 Å². The zero-order valence-electron chi connectivity index (χ0n) is 14.4. The van der Waals surface area contributed by atoms with Gasteiger partial charge in [0.2, 0.25) is 5.91 Å². The second kappa shape index (κ2) is 8.99. The summed E-state index contributed by atoms with van der Waals surface area (Å²) in [7, 11) is 0. The maximum absolute atomic E-state index is 12.2. The van der Waals surface area contributed by atoms with E-state index in [1.165, 1.54) is 11.1 Å². The zero-order valence-corrected chi connectivity index (χ0v) is 15.2. The van der Waals surface area contributed by atoms with Gasteiger partial charge in [-0.1, -0.05) is 48.0 Å². The number of amides is 1. The largest absolute Gasteiger partial charge is 0.364 e. The molecule has 4 nitrogen and oxygen atoms in total. The van der Waals surface area contributed by atoms with Gasteiger partial charge in [-0.2, -0.15) is 0 Å². The lowest BCUT2D eigenvalue weighted by Crippen LogP contribution is -2.35. The van der Waals surface area contributed by atoms with E-state index in [0.29, 0.717) is 13.1 Å². The highest BCUT2D eigenvalue weighted by Gasteiger charge is 2.29. The monoisotopic (exact) mass is 360 g/mol. The van der Waals surface area contributed by atoms with E-state index in [1.807, 2.05) is 12.1 Å². The van der Waals surface area contributed by atoms with Crippen molar-refractivity contribution in [2.45, 2.75) is 38.5 Å². The summed E-state index contributed by atoms with van der Waals surface area (Å²) in [6, 6.07) is 16.7. The van der Waals surface area contributed by atoms with Crippen LogP contribution in [0.1, 0.15) is 24.0 Å². The molecule has 0 saturated carbocycles. The number of carbonyl (C=O) groups is 1. The highest BCUT2D eigenvalue weighted by atomic mass is 35.5. The lowest BCUT2D eigenvalue weighted by molar-refractivity contribution is -0.132. The van der Waals surface area contributed by atoms with Crippen molar-refractivity contribution in [3.8, 4) is 11.1 Å². The Morgan fingerprint density at radius 1 is 1.16 bits per heavy atom. The molecule has 2 aromatic rings. The molecule has 0 spiro atoms. The molecule has 2 aromatic carbocycles. The Bertz CT molecular complexity index is 720. The first kappa shape index (κ1) is 19.4. The van der Waals surface area contributed by atoms with Crippen molar-refractivity contribution in [2.75, 3.05) is 6.54 Å². The lowest BCUT2D eigenvalue weighted by Gasteiger charge is -2.13. The van der Waals surface area contributed by atoms with Gasteiger partial charge in [-0.3, -0.25) is 4.79 Å². The number of ether oxygens (including phenoxy) is 1. The van der Waals surface area contributed by atoms with Crippen molar-refractivity contribution in [3.63, 3.8) is 0 Å². The summed E-state index contributed by atoms with van der Waals surface area (Å²) < 4.78 is 5.63. The SMILES string of the molecule is Cc1cccc(-c2cccc(CNC(=O)[C@@H]3CC[C@H](CN)O3)c2)c1.Cl. The Labute approximate surface area is 155 Å². The van der Waals surface area contributed by atoms with Gasteiger partial charge in [0.1, 0.15) is 6.10 Å². The number of rotatable bonds is 5. The van der Waals surface area contributed by atoms with E-state index in [9.17, 15) is 4.79 Å². The van der Waals surface area contributed by atoms with Gasteiger partial charge in [0.05, 0.1) is 6.10 Å². The Morgan fingerprint density at radius 3 is 2.56 bits per heavy atom. The summed E-state index contributed by atoms with van der Waals surface area (Å²) in [4.78, 5) is 12.2. The molecule has 0 bridgehead atoms. The van der Waals surface area contributed by atoms with Crippen molar-refractivity contribution in [3.05, 3.63) is 59.7 Å². The summed E-state index contributed by atoms with van der Waals surface area (Å²) in [6.07, 6.45) is 1.26. The molecule has 0 aliphatic carbocycles. The molecule has 0 unspecified atom stereocenters. The van der Waals surface area contributed by atoms with Crippen LogP contribution in [0.15, 0.2) is 48.5 Å². The molecule has 3 rings (SSSR count). The highest BCUT2D eigenvalue weighted by molar-refractivity contribution is 5.85. The normalized spacial score (nSPS) is 19.3. The van der Waals surface area contributed by atoms with Crippen LogP contribution in [0.25, 0.3) is 11.1 Å². The van der Waals surface area contributed by atoms with Gasteiger partial charge in [-0.25, -0.2) is 0 Å². The Hall–Kier alpha value is -1.88. The van der Waals surface area contributed by atoms with Crippen LogP contribution in [0.5, 0.6) is 0 Å². The predicted molar refractivity (Wildman–Crippen MR) is 103 cm³/mol. The Morgan fingerprint density at radius 2 is 1.88 bits per heavy atom. The molecular weight excluding hydrogens is 336 g/mol. The van der Waals surface area contributed by atoms with Crippen molar-refractivity contribution < 1.29 is 9.53 Å². The number of nitrogens with one attached hydrogen (secondary N) is 1. The van der Waals surface area contributed by atoms with Crippen molar-refractivity contribution in [2.24, 2.45) is 5.73 Å². The van der Waals surface area contributed by atoms with E-state index in [-0.39, 0.29) is 30.5 Å². The molecule has 1 saturated heterocycles. The topological polar surface area (TPSA) is 64.4 Å². The van der Waals surface area contributed by atoms with Gasteiger partial charge < -0.3 is 15.8 Å². The zero-order chi connectivity index (χ0) is 16.9. The molecule has 5 heteroatoms. The van der Waals surface area contributed by atoms with Crippen LogP contribution in [0.4, 0.5) is 0 Å². The summed E-state index contributed by atoms with van der Waals surface area (Å²) in [5.41, 5.74) is 10.2. The van der Waals surface area contributed by atoms with E-state index < -0.39 is 0 Å². The van der Waals surface area contributed by atoms with Crippen molar-refractivity contribution >= 4 is 18.3 Å². The molecule has 1 fully saturated rings. The minimum Gasteiger partial charge on any atom is -0.364 e. The molecular formula is C20H25ClN2O2. The van der Waals surface area contributed by atoms with E-state index in [0.717, 1.165) is 24.0 Å². The predicted octanol–water partition coefficient (Wildman–Crippen LogP) is 3.21. The molecule has 1 heterocycles. The van der Waals surface area contributed by atoms with Crippen LogP contribution in [0, 0.1) is 6.92 Å². The van der Waals surface area contributed by atoms with Crippen LogP contribution in [0.3, 0.4) is 0 Å². The quantitative estimate of drug-likeness (QED) is 0.860. The van der Waals surface area contributed by atoms with E-state index in [2.05, 4.69) is 48.6 Å². The van der Waals surface area contributed by atoms with E-state index in [1.54, 1.807) is 0 Å². The first-order valence-electron chi connectivity index (χ1n) is 8.45. The average molecular weight is 361 g/mol. The van der Waals surface area contributed by atoms with Gasteiger partial charge in [0.25, 0.3) is 0 Å². The van der Waals surface area contributed by atoms with Gasteiger partial charge in [0.15, 0.2) is 0 Å². The maximum atomic E-state index is 12.2. The fourth-order valence-electron chi connectivity index (χ4n) is 3.06. The van der Waals surface area contributed by atoms with Gasteiger partial charge in [-0.15, -0.1) is 12.4 Å². The van der Waals surface area contributed by atoms with Crippen LogP contribution in [-0.4, -0.2) is 24.7 Å². The number of aryl methyl sites for hydroxylation is 1. The first-order chi connectivity index (χ1) is 11.7. The van der Waals surface area contributed by atoms with E-state index >= 15 is 0 Å². The number of hydrogen-bond acceptors (Lipinski definition) is 3. The number of nitrogens with two attached hydrogens (primary N) is 1. The van der Waals surface area contributed by atoms with Crippen LogP contribution in [0.2, 0.25) is 0 Å². The number of carbonyl (C=O) groups excluding carboxylic acids is 1. The second-order valence-corrected chi connectivity index (χ2v) is 6.35. The molecule has 1 aliphatic rings. The van der Waals surface area contributed by atoms with Crippen LogP contribution >= 0.6 is 12.4 Å². The van der Waals surface area contributed by atoms with Gasteiger partial charge >= 0.3 is 0 Å². The fraction of sp³-hybridized carbons (Fsp3) is 0.350. The molecule has 0 aromatic heterocycles.